The zero-order chi connectivity index (χ0) is 24.3. The summed E-state index contributed by atoms with van der Waals surface area (Å²) in [5, 5.41) is 39.7. The summed E-state index contributed by atoms with van der Waals surface area (Å²) in [6, 6.07) is 8.16. The Kier molecular flexibility index (Phi) is 9.99. The average molecular weight is 451 g/mol. The highest BCUT2D eigenvalue weighted by Crippen LogP contribution is 2.20. The SMILES string of the molecule is C=CC(=O)NC(Cc1ccccc1)(C(=O)O)N(CCN(CC(=O)O)CC(=O)O)CC(=O)O. The summed E-state index contributed by atoms with van der Waals surface area (Å²) < 4.78 is 0. The van der Waals surface area contributed by atoms with E-state index in [0.29, 0.717) is 5.56 Å². The maximum Gasteiger partial charge on any atom is 0.345 e. The second-order valence-electron chi connectivity index (χ2n) is 6.83. The molecule has 0 aromatic heterocycles. The van der Waals surface area contributed by atoms with E-state index in [1.54, 1.807) is 30.3 Å². The fourth-order valence-corrected chi connectivity index (χ4v) is 3.07. The molecule has 0 heterocycles. The Bertz CT molecular complexity index is 843. The lowest BCUT2D eigenvalue weighted by molar-refractivity contribution is -0.160. The van der Waals surface area contributed by atoms with Crippen LogP contribution >= 0.6 is 0 Å². The van der Waals surface area contributed by atoms with Gasteiger partial charge < -0.3 is 25.7 Å². The molecule has 1 rings (SSSR count). The van der Waals surface area contributed by atoms with Crippen LogP contribution in [0.15, 0.2) is 43.0 Å². The summed E-state index contributed by atoms with van der Waals surface area (Å²) >= 11 is 0. The van der Waals surface area contributed by atoms with Crippen LogP contribution in [0.4, 0.5) is 0 Å². The maximum absolute atomic E-state index is 12.4. The van der Waals surface area contributed by atoms with Crippen molar-refractivity contribution < 1.29 is 44.4 Å². The number of carbonyl (C=O) groups is 5. The molecule has 0 spiro atoms. The van der Waals surface area contributed by atoms with Gasteiger partial charge in [-0.05, 0) is 11.6 Å². The Labute approximate surface area is 183 Å². The predicted molar refractivity (Wildman–Crippen MR) is 110 cm³/mol. The molecular formula is C20H25N3O9. The number of hydrogen-bond donors (Lipinski definition) is 5. The summed E-state index contributed by atoms with van der Waals surface area (Å²) in [7, 11) is 0. The normalized spacial score (nSPS) is 12.7. The second kappa shape index (κ2) is 12.2. The molecule has 12 heteroatoms. The number of rotatable bonds is 15. The number of hydrogen-bond acceptors (Lipinski definition) is 7. The lowest BCUT2D eigenvalue weighted by Crippen LogP contribution is -2.68. The van der Waals surface area contributed by atoms with Crippen molar-refractivity contribution in [3.63, 3.8) is 0 Å². The van der Waals surface area contributed by atoms with Gasteiger partial charge in [-0.1, -0.05) is 36.9 Å². The highest BCUT2D eigenvalue weighted by molar-refractivity contribution is 5.93. The van der Waals surface area contributed by atoms with Crippen LogP contribution in [0.25, 0.3) is 0 Å². The summed E-state index contributed by atoms with van der Waals surface area (Å²) in [4.78, 5) is 60.1. The molecule has 0 aliphatic rings. The van der Waals surface area contributed by atoms with Crippen molar-refractivity contribution in [2.75, 3.05) is 32.7 Å². The molecule has 0 fully saturated rings. The first-order chi connectivity index (χ1) is 15.0. The topological polar surface area (TPSA) is 185 Å². The van der Waals surface area contributed by atoms with Crippen LogP contribution in [0, 0.1) is 0 Å². The lowest BCUT2D eigenvalue weighted by Gasteiger charge is -2.41. The molecule has 1 aromatic rings. The summed E-state index contributed by atoms with van der Waals surface area (Å²) in [6.07, 6.45) is 0.511. The fourth-order valence-electron chi connectivity index (χ4n) is 3.07. The number of benzene rings is 1. The van der Waals surface area contributed by atoms with Crippen molar-refractivity contribution in [2.45, 2.75) is 12.1 Å². The predicted octanol–water partition coefficient (Wildman–Crippen LogP) is -0.830. The van der Waals surface area contributed by atoms with E-state index in [0.717, 1.165) is 15.9 Å². The van der Waals surface area contributed by atoms with Crippen LogP contribution in [-0.2, 0) is 30.4 Å². The maximum atomic E-state index is 12.4. The molecular weight excluding hydrogens is 426 g/mol. The Hall–Kier alpha value is -3.77. The summed E-state index contributed by atoms with van der Waals surface area (Å²) in [5.74, 6) is -6.46. The number of carboxylic acids is 4. The number of nitrogens with zero attached hydrogens (tertiary/aromatic N) is 2. The molecule has 0 aliphatic carbocycles. The lowest BCUT2D eigenvalue weighted by atomic mass is 9.96. The molecule has 5 N–H and O–H groups in total. The minimum Gasteiger partial charge on any atom is -0.480 e. The fraction of sp³-hybridized carbons (Fsp3) is 0.350. The van der Waals surface area contributed by atoms with Crippen molar-refractivity contribution in [3.05, 3.63) is 48.6 Å². The molecule has 0 saturated heterocycles. The third-order valence-corrected chi connectivity index (χ3v) is 4.44. The Morgan fingerprint density at radius 1 is 0.875 bits per heavy atom. The van der Waals surface area contributed by atoms with E-state index in [9.17, 15) is 34.2 Å². The molecule has 32 heavy (non-hydrogen) atoms. The van der Waals surface area contributed by atoms with E-state index in [-0.39, 0.29) is 19.5 Å². The Morgan fingerprint density at radius 2 is 1.41 bits per heavy atom. The van der Waals surface area contributed by atoms with E-state index >= 15 is 0 Å². The minimum atomic E-state index is -2.23. The highest BCUT2D eigenvalue weighted by atomic mass is 16.4. The zero-order valence-electron chi connectivity index (χ0n) is 17.1. The van der Waals surface area contributed by atoms with Gasteiger partial charge in [0, 0.05) is 19.5 Å². The first-order valence-corrected chi connectivity index (χ1v) is 9.35. The van der Waals surface area contributed by atoms with Gasteiger partial charge in [-0.2, -0.15) is 0 Å². The third-order valence-electron chi connectivity index (χ3n) is 4.44. The third kappa shape index (κ3) is 8.16. The Balaban J connectivity index is 3.39. The van der Waals surface area contributed by atoms with E-state index in [4.69, 9.17) is 10.2 Å². The van der Waals surface area contributed by atoms with Crippen LogP contribution in [0.5, 0.6) is 0 Å². The van der Waals surface area contributed by atoms with Crippen molar-refractivity contribution in [3.8, 4) is 0 Å². The zero-order valence-corrected chi connectivity index (χ0v) is 17.1. The van der Waals surface area contributed by atoms with Crippen LogP contribution in [-0.4, -0.2) is 98.4 Å². The van der Waals surface area contributed by atoms with Crippen molar-refractivity contribution in [2.24, 2.45) is 0 Å². The number of carboxylic acid groups (broad SMARTS) is 4. The van der Waals surface area contributed by atoms with Gasteiger partial charge >= 0.3 is 23.9 Å². The van der Waals surface area contributed by atoms with E-state index in [1.165, 1.54) is 0 Å². The van der Waals surface area contributed by atoms with E-state index < -0.39 is 55.1 Å². The van der Waals surface area contributed by atoms with Gasteiger partial charge in [0.2, 0.25) is 5.91 Å². The average Bonchev–Trinajstić information content (AvgIpc) is 2.69. The number of amides is 1. The molecule has 0 bridgehead atoms. The molecule has 12 nitrogen and oxygen atoms in total. The first kappa shape index (κ1) is 26.3. The second-order valence-corrected chi connectivity index (χ2v) is 6.83. The number of aliphatic carboxylic acids is 4. The van der Waals surface area contributed by atoms with Gasteiger partial charge in [-0.25, -0.2) is 4.79 Å². The minimum absolute atomic E-state index is 0.292. The standard InChI is InChI=1S/C20H25N3O9/c1-2-15(24)21-20(19(31)32,10-14-6-4-3-5-7-14)23(13-18(29)30)9-8-22(11-16(25)26)12-17(27)28/h2-7H,1,8-13H2,(H,21,24)(H,25,26)(H,27,28)(H,29,30)(H,31,32). The van der Waals surface area contributed by atoms with Gasteiger partial charge in [0.1, 0.15) is 0 Å². The van der Waals surface area contributed by atoms with Crippen LogP contribution in [0.3, 0.4) is 0 Å². The van der Waals surface area contributed by atoms with Gasteiger partial charge in [0.05, 0.1) is 19.6 Å². The van der Waals surface area contributed by atoms with Crippen LogP contribution < -0.4 is 5.32 Å². The van der Waals surface area contributed by atoms with Crippen molar-refractivity contribution in [1.29, 1.82) is 0 Å². The smallest absolute Gasteiger partial charge is 0.345 e. The van der Waals surface area contributed by atoms with Gasteiger partial charge in [0.25, 0.3) is 0 Å². The molecule has 0 aliphatic heterocycles. The van der Waals surface area contributed by atoms with Gasteiger partial charge in [-0.3, -0.25) is 29.0 Å². The molecule has 1 unspecified atom stereocenters. The van der Waals surface area contributed by atoms with Crippen LogP contribution in [0.1, 0.15) is 5.56 Å². The largest absolute Gasteiger partial charge is 0.480 e. The molecule has 1 amide bonds. The van der Waals surface area contributed by atoms with Crippen molar-refractivity contribution in [1.82, 2.24) is 15.1 Å². The molecule has 1 atom stereocenters. The quantitative estimate of drug-likeness (QED) is 0.166. The van der Waals surface area contributed by atoms with Crippen LogP contribution in [0.2, 0.25) is 0 Å². The summed E-state index contributed by atoms with van der Waals surface area (Å²) in [5.41, 5.74) is -1.76. The summed E-state index contributed by atoms with van der Waals surface area (Å²) in [6.45, 7) is 0.477. The monoisotopic (exact) mass is 451 g/mol. The van der Waals surface area contributed by atoms with E-state index in [2.05, 4.69) is 11.9 Å². The molecule has 0 saturated carbocycles. The molecule has 1 aromatic carbocycles. The van der Waals surface area contributed by atoms with Gasteiger partial charge in [0.15, 0.2) is 5.66 Å². The molecule has 174 valence electrons. The number of carbonyl (C=O) groups excluding carboxylic acids is 1. The first-order valence-electron chi connectivity index (χ1n) is 9.35. The number of nitrogens with one attached hydrogen (secondary N) is 1. The van der Waals surface area contributed by atoms with E-state index in [1.807, 2.05) is 0 Å². The Morgan fingerprint density at radius 3 is 1.84 bits per heavy atom. The van der Waals surface area contributed by atoms with Gasteiger partial charge in [-0.15, -0.1) is 0 Å². The molecule has 0 radical (unpaired) electrons. The van der Waals surface area contributed by atoms with Crippen molar-refractivity contribution >= 4 is 29.8 Å². The highest BCUT2D eigenvalue weighted by Gasteiger charge is 2.46.